The molecule has 0 aliphatic rings. The molecule has 0 radical (unpaired) electrons. The number of benzene rings is 1. The molecule has 1 N–H and O–H groups in total. The Morgan fingerprint density at radius 3 is 2.73 bits per heavy atom. The Kier molecular flexibility index (Phi) is 5.46. The van der Waals surface area contributed by atoms with Gasteiger partial charge in [-0.05, 0) is 18.6 Å². The molecule has 0 fully saturated rings. The number of amides is 2. The highest BCUT2D eigenvalue weighted by Gasteiger charge is 2.20. The molecule has 3 aromatic rings. The maximum atomic E-state index is 12.6. The quantitative estimate of drug-likeness (QED) is 0.740. The molecule has 1 aromatic carbocycles. The smallest absolute Gasteiger partial charge is 0.318 e. The van der Waals surface area contributed by atoms with Crippen LogP contribution in [0.1, 0.15) is 37.3 Å². The van der Waals surface area contributed by atoms with Gasteiger partial charge < -0.3 is 14.8 Å². The molecule has 0 spiro atoms. The third-order valence-electron chi connectivity index (χ3n) is 4.29. The van der Waals surface area contributed by atoms with Crippen molar-refractivity contribution in [1.29, 1.82) is 0 Å². The number of carbonyl (C=O) groups excluding carboxylic acids is 1. The van der Waals surface area contributed by atoms with Crippen LogP contribution in [0.4, 0.5) is 4.79 Å². The molecule has 1 atom stereocenters. The number of nitrogens with one attached hydrogen (secondary N) is 1. The average Bonchev–Trinajstić information content (AvgIpc) is 3.07. The summed E-state index contributed by atoms with van der Waals surface area (Å²) < 4.78 is 1.94. The van der Waals surface area contributed by atoms with Gasteiger partial charge in [-0.25, -0.2) is 14.8 Å². The van der Waals surface area contributed by atoms with Crippen molar-refractivity contribution in [2.45, 2.75) is 32.4 Å². The summed E-state index contributed by atoms with van der Waals surface area (Å²) in [6.45, 7) is 2.49. The van der Waals surface area contributed by atoms with Crippen LogP contribution in [0.5, 0.6) is 0 Å². The number of para-hydroxylation sites is 2. The van der Waals surface area contributed by atoms with Crippen molar-refractivity contribution in [2.24, 2.45) is 7.05 Å². The van der Waals surface area contributed by atoms with Crippen molar-refractivity contribution in [3.8, 4) is 0 Å². The first-order valence-electron chi connectivity index (χ1n) is 8.78. The molecule has 136 valence electrons. The zero-order chi connectivity index (χ0) is 18.5. The summed E-state index contributed by atoms with van der Waals surface area (Å²) in [5, 5.41) is 3.07. The summed E-state index contributed by atoms with van der Waals surface area (Å²) in [5.74, 6) is 0.860. The normalized spacial score (nSPS) is 12.1. The van der Waals surface area contributed by atoms with E-state index in [-0.39, 0.29) is 12.1 Å². The molecular weight excluding hydrogens is 328 g/mol. The second kappa shape index (κ2) is 7.95. The van der Waals surface area contributed by atoms with E-state index in [1.807, 2.05) is 42.1 Å². The largest absolute Gasteiger partial charge is 0.336 e. The standard InChI is InChI=1S/C19H24N6O/c1-4-7-17(18-20-10-11-24(18)2)23-19(26)25(3)13-14-12-21-15-8-5-6-9-16(15)22-14/h5-6,8-12,17H,4,7,13H2,1-3H3,(H,23,26). The van der Waals surface area contributed by atoms with Crippen molar-refractivity contribution in [1.82, 2.24) is 29.7 Å². The molecule has 0 aliphatic carbocycles. The number of hydrogen-bond acceptors (Lipinski definition) is 4. The molecule has 7 nitrogen and oxygen atoms in total. The lowest BCUT2D eigenvalue weighted by atomic mass is 10.1. The summed E-state index contributed by atoms with van der Waals surface area (Å²) in [4.78, 5) is 27.6. The molecule has 0 saturated heterocycles. The Balaban J connectivity index is 1.68. The molecule has 0 saturated carbocycles. The Morgan fingerprint density at radius 2 is 2.04 bits per heavy atom. The van der Waals surface area contributed by atoms with Gasteiger partial charge in [0.2, 0.25) is 0 Å². The van der Waals surface area contributed by atoms with E-state index in [0.29, 0.717) is 6.54 Å². The predicted octanol–water partition coefficient (Wildman–Crippen LogP) is 3.05. The van der Waals surface area contributed by atoms with Crippen LogP contribution in [0.15, 0.2) is 42.9 Å². The summed E-state index contributed by atoms with van der Waals surface area (Å²) in [5.41, 5.74) is 2.43. The van der Waals surface area contributed by atoms with Crippen molar-refractivity contribution >= 4 is 17.1 Å². The zero-order valence-electron chi connectivity index (χ0n) is 15.4. The maximum absolute atomic E-state index is 12.6. The van der Waals surface area contributed by atoms with E-state index < -0.39 is 0 Å². The SMILES string of the molecule is CCCC(NC(=O)N(C)Cc1cnc2ccccc2n1)c1nccn1C. The number of rotatable bonds is 6. The number of urea groups is 1. The van der Waals surface area contributed by atoms with Crippen LogP contribution in [0, 0.1) is 0 Å². The third-order valence-corrected chi connectivity index (χ3v) is 4.29. The fourth-order valence-corrected chi connectivity index (χ4v) is 2.91. The Bertz CT molecular complexity index is 890. The van der Waals surface area contributed by atoms with Crippen LogP contribution in [0.2, 0.25) is 0 Å². The van der Waals surface area contributed by atoms with E-state index >= 15 is 0 Å². The Morgan fingerprint density at radius 1 is 1.27 bits per heavy atom. The molecule has 0 bridgehead atoms. The third kappa shape index (κ3) is 3.99. The van der Waals surface area contributed by atoms with Gasteiger partial charge in [0.25, 0.3) is 0 Å². The topological polar surface area (TPSA) is 75.9 Å². The van der Waals surface area contributed by atoms with Crippen molar-refractivity contribution in [2.75, 3.05) is 7.05 Å². The van der Waals surface area contributed by atoms with Crippen LogP contribution < -0.4 is 5.32 Å². The summed E-state index contributed by atoms with van der Waals surface area (Å²) in [7, 11) is 3.69. The molecule has 2 heterocycles. The Labute approximate surface area is 153 Å². The molecule has 0 aliphatic heterocycles. The minimum atomic E-state index is -0.151. The van der Waals surface area contributed by atoms with Gasteiger partial charge in [-0.3, -0.25) is 4.98 Å². The number of imidazole rings is 1. The molecule has 3 rings (SSSR count). The predicted molar refractivity (Wildman–Crippen MR) is 100 cm³/mol. The molecule has 26 heavy (non-hydrogen) atoms. The number of nitrogens with zero attached hydrogens (tertiary/aromatic N) is 5. The summed E-state index contributed by atoms with van der Waals surface area (Å²) >= 11 is 0. The van der Waals surface area contributed by atoms with Crippen LogP contribution >= 0.6 is 0 Å². The van der Waals surface area contributed by atoms with E-state index in [4.69, 9.17) is 0 Å². The first-order valence-corrected chi connectivity index (χ1v) is 8.78. The average molecular weight is 352 g/mol. The highest BCUT2D eigenvalue weighted by molar-refractivity contribution is 5.75. The lowest BCUT2D eigenvalue weighted by Gasteiger charge is -2.23. The fraction of sp³-hybridized carbons (Fsp3) is 0.368. The summed E-state index contributed by atoms with van der Waals surface area (Å²) in [6.07, 6.45) is 7.14. The highest BCUT2D eigenvalue weighted by Crippen LogP contribution is 2.17. The second-order valence-electron chi connectivity index (χ2n) is 6.39. The highest BCUT2D eigenvalue weighted by atomic mass is 16.2. The summed E-state index contributed by atoms with van der Waals surface area (Å²) in [6, 6.07) is 7.44. The molecule has 2 aromatic heterocycles. The van der Waals surface area contributed by atoms with Gasteiger partial charge in [-0.1, -0.05) is 25.5 Å². The molecule has 2 amide bonds. The van der Waals surface area contributed by atoms with Gasteiger partial charge in [0.15, 0.2) is 0 Å². The number of aryl methyl sites for hydroxylation is 1. The minimum Gasteiger partial charge on any atom is -0.336 e. The van der Waals surface area contributed by atoms with Crippen LogP contribution in [0.3, 0.4) is 0 Å². The van der Waals surface area contributed by atoms with E-state index in [2.05, 4.69) is 27.2 Å². The van der Waals surface area contributed by atoms with Gasteiger partial charge in [0.05, 0.1) is 35.5 Å². The van der Waals surface area contributed by atoms with Crippen LogP contribution in [-0.4, -0.2) is 37.5 Å². The molecule has 1 unspecified atom stereocenters. The number of aromatic nitrogens is 4. The van der Waals surface area contributed by atoms with E-state index in [9.17, 15) is 4.79 Å². The van der Waals surface area contributed by atoms with E-state index in [0.717, 1.165) is 35.4 Å². The van der Waals surface area contributed by atoms with Gasteiger partial charge in [-0.2, -0.15) is 0 Å². The van der Waals surface area contributed by atoms with Crippen molar-refractivity contribution < 1.29 is 4.79 Å². The van der Waals surface area contributed by atoms with Gasteiger partial charge in [0.1, 0.15) is 5.82 Å². The maximum Gasteiger partial charge on any atom is 0.318 e. The van der Waals surface area contributed by atoms with Crippen LogP contribution in [0.25, 0.3) is 11.0 Å². The molecule has 7 heteroatoms. The second-order valence-corrected chi connectivity index (χ2v) is 6.39. The monoisotopic (exact) mass is 352 g/mol. The number of fused-ring (bicyclic) bond motifs is 1. The van der Waals surface area contributed by atoms with Crippen molar-refractivity contribution in [3.05, 3.63) is 54.4 Å². The van der Waals surface area contributed by atoms with E-state index in [1.165, 1.54) is 0 Å². The van der Waals surface area contributed by atoms with Gasteiger partial charge in [-0.15, -0.1) is 0 Å². The first-order chi connectivity index (χ1) is 12.6. The fourth-order valence-electron chi connectivity index (χ4n) is 2.91. The van der Waals surface area contributed by atoms with Crippen molar-refractivity contribution in [3.63, 3.8) is 0 Å². The lowest BCUT2D eigenvalue weighted by molar-refractivity contribution is 0.200. The van der Waals surface area contributed by atoms with Crippen LogP contribution in [-0.2, 0) is 13.6 Å². The number of carbonyl (C=O) groups is 1. The lowest BCUT2D eigenvalue weighted by Crippen LogP contribution is -2.39. The minimum absolute atomic E-state index is 0.113. The van der Waals surface area contributed by atoms with Gasteiger partial charge in [0, 0.05) is 26.5 Å². The van der Waals surface area contributed by atoms with E-state index in [1.54, 1.807) is 24.3 Å². The molecular formula is C19H24N6O. The Hall–Kier alpha value is -2.96. The zero-order valence-corrected chi connectivity index (χ0v) is 15.4. The number of hydrogen-bond donors (Lipinski definition) is 1. The van der Waals surface area contributed by atoms with Gasteiger partial charge >= 0.3 is 6.03 Å². The first kappa shape index (κ1) is 17.8.